The van der Waals surface area contributed by atoms with Crippen LogP contribution in [0.4, 0.5) is 0 Å². The molecule has 4 rings (SSSR count). The molecule has 0 aromatic heterocycles. The Kier molecular flexibility index (Phi) is 8.57. The van der Waals surface area contributed by atoms with Gasteiger partial charge in [-0.05, 0) is 67.3 Å². The first-order chi connectivity index (χ1) is 17.4. The minimum Gasteiger partial charge on any atom is -0.426 e. The third-order valence-corrected chi connectivity index (χ3v) is 6.82. The molecule has 0 radical (unpaired) electrons. The topological polar surface area (TPSA) is 98.7 Å². The van der Waals surface area contributed by atoms with Gasteiger partial charge in [-0.3, -0.25) is 9.59 Å². The van der Waals surface area contributed by atoms with E-state index in [1.165, 1.54) is 5.56 Å². The molecule has 6 nitrogen and oxygen atoms in total. The molecule has 4 N–H and O–H groups in total. The van der Waals surface area contributed by atoms with Crippen LogP contribution < -0.4 is 10.6 Å². The fourth-order valence-electron chi connectivity index (χ4n) is 4.83. The molecule has 0 aliphatic heterocycles. The quantitative estimate of drug-likeness (QED) is 0.350. The number of aryl methyl sites for hydroxylation is 2. The predicted octanol–water partition coefficient (Wildman–Crippen LogP) is 3.47. The van der Waals surface area contributed by atoms with Gasteiger partial charge in [0.15, 0.2) is 0 Å². The van der Waals surface area contributed by atoms with Crippen LogP contribution in [0.5, 0.6) is 0 Å². The van der Waals surface area contributed by atoms with E-state index in [9.17, 15) is 19.6 Å². The van der Waals surface area contributed by atoms with E-state index >= 15 is 0 Å². The van der Waals surface area contributed by atoms with Crippen LogP contribution in [0.3, 0.4) is 0 Å². The van der Waals surface area contributed by atoms with Crippen LogP contribution in [0.1, 0.15) is 63.5 Å². The molecule has 0 heterocycles. The minimum absolute atomic E-state index is 0.0259. The Hall–Kier alpha value is -3.42. The van der Waals surface area contributed by atoms with E-state index in [1.54, 1.807) is 0 Å². The third kappa shape index (κ3) is 6.62. The lowest BCUT2D eigenvalue weighted by Crippen LogP contribution is -2.48. The highest BCUT2D eigenvalue weighted by Crippen LogP contribution is 2.26. The van der Waals surface area contributed by atoms with E-state index in [-0.39, 0.29) is 24.7 Å². The average molecular weight is 484 g/mol. The van der Waals surface area contributed by atoms with Gasteiger partial charge < -0.3 is 20.7 Å². The number of nitrogens with one attached hydrogen (secondary N) is 2. The molecule has 1 aliphatic rings. The number of hydrogen-bond donors (Lipinski definition) is 4. The SMILES string of the molecule is Cc1ccc(CC(NC(=O)CC(NC(=O)c2cccc3c2CCCC3)c2ccccc2)B(O)O)cc1. The van der Waals surface area contributed by atoms with E-state index in [0.717, 1.165) is 47.9 Å². The van der Waals surface area contributed by atoms with Crippen molar-refractivity contribution in [2.75, 3.05) is 0 Å². The smallest absolute Gasteiger partial charge is 0.426 e. The van der Waals surface area contributed by atoms with Gasteiger partial charge in [0, 0.05) is 5.56 Å². The van der Waals surface area contributed by atoms with Gasteiger partial charge in [0.05, 0.1) is 18.4 Å². The van der Waals surface area contributed by atoms with Crippen LogP contribution in [0.15, 0.2) is 72.8 Å². The van der Waals surface area contributed by atoms with Crippen molar-refractivity contribution in [3.05, 3.63) is 106 Å². The molecular weight excluding hydrogens is 451 g/mol. The monoisotopic (exact) mass is 484 g/mol. The zero-order chi connectivity index (χ0) is 25.5. The second-order valence-corrected chi connectivity index (χ2v) is 9.57. The summed E-state index contributed by atoms with van der Waals surface area (Å²) in [5.74, 6) is -1.44. The van der Waals surface area contributed by atoms with Crippen molar-refractivity contribution >= 4 is 18.9 Å². The fraction of sp³-hybridized carbons (Fsp3) is 0.310. The molecule has 2 amide bonds. The highest BCUT2D eigenvalue weighted by molar-refractivity contribution is 6.43. The van der Waals surface area contributed by atoms with Gasteiger partial charge in [-0.15, -0.1) is 0 Å². The van der Waals surface area contributed by atoms with Crippen LogP contribution in [0.25, 0.3) is 0 Å². The summed E-state index contributed by atoms with van der Waals surface area (Å²) in [6, 6.07) is 22.4. The Balaban J connectivity index is 1.49. The summed E-state index contributed by atoms with van der Waals surface area (Å²) < 4.78 is 0. The number of amides is 2. The van der Waals surface area contributed by atoms with E-state index in [4.69, 9.17) is 0 Å². The normalized spacial score (nSPS) is 14.3. The van der Waals surface area contributed by atoms with Crippen LogP contribution in [0.2, 0.25) is 0 Å². The molecule has 0 bridgehead atoms. The summed E-state index contributed by atoms with van der Waals surface area (Å²) in [7, 11) is -1.71. The maximum Gasteiger partial charge on any atom is 0.475 e. The molecule has 36 heavy (non-hydrogen) atoms. The Bertz CT molecular complexity index is 1180. The predicted molar refractivity (Wildman–Crippen MR) is 141 cm³/mol. The Labute approximate surface area is 212 Å². The van der Waals surface area contributed by atoms with Crippen LogP contribution in [-0.4, -0.2) is 34.9 Å². The van der Waals surface area contributed by atoms with Gasteiger partial charge in [0.1, 0.15) is 0 Å². The molecule has 2 atom stereocenters. The van der Waals surface area contributed by atoms with Gasteiger partial charge in [-0.2, -0.15) is 0 Å². The maximum absolute atomic E-state index is 13.4. The molecule has 3 aromatic rings. The Morgan fingerprint density at radius 2 is 1.61 bits per heavy atom. The van der Waals surface area contributed by atoms with Crippen molar-refractivity contribution < 1.29 is 19.6 Å². The molecule has 0 saturated heterocycles. The molecule has 7 heteroatoms. The lowest BCUT2D eigenvalue weighted by molar-refractivity contribution is -0.122. The first-order valence-corrected chi connectivity index (χ1v) is 12.6. The molecule has 1 aliphatic carbocycles. The van der Waals surface area contributed by atoms with Crippen molar-refractivity contribution in [2.45, 2.75) is 57.4 Å². The van der Waals surface area contributed by atoms with Crippen molar-refractivity contribution in [1.29, 1.82) is 0 Å². The first-order valence-electron chi connectivity index (χ1n) is 12.6. The largest absolute Gasteiger partial charge is 0.475 e. The summed E-state index contributed by atoms with van der Waals surface area (Å²) in [6.45, 7) is 1.98. The summed E-state index contributed by atoms with van der Waals surface area (Å²) in [5.41, 5.74) is 5.78. The summed E-state index contributed by atoms with van der Waals surface area (Å²) in [5, 5.41) is 25.6. The Morgan fingerprint density at radius 3 is 2.33 bits per heavy atom. The third-order valence-electron chi connectivity index (χ3n) is 6.82. The van der Waals surface area contributed by atoms with E-state index in [1.807, 2.05) is 73.7 Å². The van der Waals surface area contributed by atoms with Crippen LogP contribution in [0, 0.1) is 6.92 Å². The van der Waals surface area contributed by atoms with Crippen LogP contribution >= 0.6 is 0 Å². The Morgan fingerprint density at radius 1 is 0.889 bits per heavy atom. The zero-order valence-corrected chi connectivity index (χ0v) is 20.6. The molecule has 186 valence electrons. The average Bonchev–Trinajstić information content (AvgIpc) is 2.89. The van der Waals surface area contributed by atoms with Gasteiger partial charge in [-0.25, -0.2) is 0 Å². The molecule has 3 aromatic carbocycles. The summed E-state index contributed by atoms with van der Waals surface area (Å²) in [4.78, 5) is 26.4. The molecule has 0 fully saturated rings. The number of rotatable bonds is 9. The van der Waals surface area contributed by atoms with Gasteiger partial charge in [0.25, 0.3) is 5.91 Å². The van der Waals surface area contributed by atoms with Crippen molar-refractivity contribution in [3.63, 3.8) is 0 Å². The second-order valence-electron chi connectivity index (χ2n) is 9.57. The summed E-state index contributed by atoms with van der Waals surface area (Å²) in [6.07, 6.45) is 4.31. The number of carbonyl (C=O) groups excluding carboxylic acids is 2. The van der Waals surface area contributed by atoms with Crippen molar-refractivity contribution in [1.82, 2.24) is 10.6 Å². The number of benzene rings is 3. The van der Waals surface area contributed by atoms with Crippen LogP contribution in [-0.2, 0) is 24.1 Å². The van der Waals surface area contributed by atoms with Crippen molar-refractivity contribution in [2.24, 2.45) is 0 Å². The maximum atomic E-state index is 13.4. The van der Waals surface area contributed by atoms with Gasteiger partial charge >= 0.3 is 7.12 Å². The molecule has 0 saturated carbocycles. The highest BCUT2D eigenvalue weighted by atomic mass is 16.4. The van der Waals surface area contributed by atoms with E-state index < -0.39 is 19.1 Å². The van der Waals surface area contributed by atoms with Gasteiger partial charge in [-0.1, -0.05) is 72.3 Å². The van der Waals surface area contributed by atoms with Gasteiger partial charge in [0.2, 0.25) is 5.91 Å². The summed E-state index contributed by atoms with van der Waals surface area (Å²) >= 11 is 0. The van der Waals surface area contributed by atoms with Crippen molar-refractivity contribution in [3.8, 4) is 0 Å². The van der Waals surface area contributed by atoms with E-state index in [2.05, 4.69) is 16.7 Å². The lowest BCUT2D eigenvalue weighted by Gasteiger charge is -2.24. The fourth-order valence-corrected chi connectivity index (χ4v) is 4.83. The number of fused-ring (bicyclic) bond motifs is 1. The number of carbonyl (C=O) groups is 2. The van der Waals surface area contributed by atoms with E-state index in [0.29, 0.717) is 5.56 Å². The minimum atomic E-state index is -1.71. The first kappa shape index (κ1) is 25.7. The highest BCUT2D eigenvalue weighted by Gasteiger charge is 2.28. The number of hydrogen-bond acceptors (Lipinski definition) is 4. The lowest BCUT2D eigenvalue weighted by atomic mass is 9.75. The molecular formula is C29H33BN2O4. The molecule has 2 unspecified atom stereocenters. The molecule has 0 spiro atoms. The standard InChI is InChI=1S/C29H33BN2O4/c1-20-14-16-21(17-15-20)18-27(30(35)36)32-28(33)19-26(23-9-3-2-4-10-23)31-29(34)25-13-7-11-22-8-5-6-12-24(22)25/h2-4,7,9-11,13-17,26-27,35-36H,5-6,8,12,18-19H2,1H3,(H,31,34)(H,32,33). The second kappa shape index (κ2) is 12.0. The zero-order valence-electron chi connectivity index (χ0n) is 20.6.